The van der Waals surface area contributed by atoms with Crippen molar-refractivity contribution in [3.05, 3.63) is 81.5 Å². The van der Waals surface area contributed by atoms with Gasteiger partial charge in [-0.15, -0.1) is 0 Å². The molecule has 2 aromatic heterocycles. The number of nitrogens with zero attached hydrogens (tertiary/aromatic N) is 2. The zero-order chi connectivity index (χ0) is 31.5. The second-order valence-electron chi connectivity index (χ2n) is 10.2. The predicted molar refractivity (Wildman–Crippen MR) is 148 cm³/mol. The van der Waals surface area contributed by atoms with Crippen LogP contribution in [0.2, 0.25) is 0 Å². The normalized spacial score (nSPS) is 24.0. The maximum atomic E-state index is 15.6. The van der Waals surface area contributed by atoms with Gasteiger partial charge >= 0.3 is 19.4 Å². The van der Waals surface area contributed by atoms with Crippen molar-refractivity contribution in [3.63, 3.8) is 0 Å². The molecule has 3 aromatic rings. The molecular formula is C27H31F2N4O9P. The monoisotopic (exact) mass is 624 g/mol. The quantitative estimate of drug-likeness (QED) is 0.212. The van der Waals surface area contributed by atoms with E-state index in [9.17, 15) is 28.4 Å². The lowest BCUT2D eigenvalue weighted by Gasteiger charge is -2.25. The van der Waals surface area contributed by atoms with E-state index in [4.69, 9.17) is 18.5 Å². The number of aliphatic hydroxyl groups excluding tert-OH is 1. The van der Waals surface area contributed by atoms with Crippen LogP contribution in [-0.4, -0.2) is 62.2 Å². The molecule has 1 unspecified atom stereocenters. The minimum Gasteiger partial charge on any atom is -0.462 e. The number of alkyl halides is 1. The van der Waals surface area contributed by atoms with Crippen LogP contribution in [-0.2, 0) is 23.4 Å². The smallest absolute Gasteiger partial charge is 0.459 e. The summed E-state index contributed by atoms with van der Waals surface area (Å²) in [5.74, 6) is -1.34. The number of esters is 1. The Kier molecular flexibility index (Phi) is 9.62. The summed E-state index contributed by atoms with van der Waals surface area (Å²) in [5.41, 5.74) is -3.75. The molecule has 0 amide bonds. The molecule has 0 radical (unpaired) electrons. The van der Waals surface area contributed by atoms with E-state index in [0.717, 1.165) is 23.8 Å². The highest BCUT2D eigenvalue weighted by Crippen LogP contribution is 2.47. The van der Waals surface area contributed by atoms with Crippen LogP contribution in [0.3, 0.4) is 0 Å². The third-order valence-corrected chi connectivity index (χ3v) is 8.04. The molecule has 0 spiro atoms. The van der Waals surface area contributed by atoms with Gasteiger partial charge in [0.1, 0.15) is 35.5 Å². The number of H-pyrrole nitrogens is 1. The summed E-state index contributed by atoms with van der Waals surface area (Å²) in [6, 6.07) is 8.14. The highest BCUT2D eigenvalue weighted by molar-refractivity contribution is 7.52. The Morgan fingerprint density at radius 2 is 1.93 bits per heavy atom. The molecule has 16 heteroatoms. The summed E-state index contributed by atoms with van der Waals surface area (Å²) in [6.45, 7) is 4.88. The number of benzene rings is 1. The van der Waals surface area contributed by atoms with Crippen molar-refractivity contribution < 1.29 is 41.8 Å². The standard InChI is InChI=1S/C27H31F2N4O9P/c1-15(2)40-24(36)16(3)32-43(38,42-18-9-7-17(8-10-18)22-19(28)6-5-12-30-22)39-14-20-23(35)27(4,29)25(41-20)33-13-11-21(34)31-26(33)37/h5-13,15-16,20,23,25,35H,14H2,1-4H3,(H,32,38)(H,31,34,37)/t16-,20+,23+,25+,27+,43?/m0/s1. The minimum atomic E-state index is -4.49. The molecule has 43 heavy (non-hydrogen) atoms. The number of carbonyl (C=O) groups is 1. The van der Waals surface area contributed by atoms with E-state index in [0.29, 0.717) is 5.56 Å². The Morgan fingerprint density at radius 3 is 2.56 bits per heavy atom. The molecule has 1 aromatic carbocycles. The van der Waals surface area contributed by atoms with Gasteiger partial charge in [0.05, 0.1) is 12.7 Å². The fourth-order valence-electron chi connectivity index (χ4n) is 4.26. The van der Waals surface area contributed by atoms with Crippen LogP contribution < -0.4 is 20.9 Å². The summed E-state index contributed by atoms with van der Waals surface area (Å²) in [4.78, 5) is 42.1. The van der Waals surface area contributed by atoms with Crippen molar-refractivity contribution in [1.29, 1.82) is 0 Å². The summed E-state index contributed by atoms with van der Waals surface area (Å²) < 4.78 is 66.3. The van der Waals surface area contributed by atoms with E-state index in [1.54, 1.807) is 13.8 Å². The largest absolute Gasteiger partial charge is 0.462 e. The van der Waals surface area contributed by atoms with Gasteiger partial charge < -0.3 is 19.1 Å². The average molecular weight is 625 g/mol. The Morgan fingerprint density at radius 1 is 1.23 bits per heavy atom. The molecule has 3 heterocycles. The van der Waals surface area contributed by atoms with Gasteiger partial charge in [0.2, 0.25) is 0 Å². The first-order chi connectivity index (χ1) is 20.2. The predicted octanol–water partition coefficient (Wildman–Crippen LogP) is 2.86. The number of pyridine rings is 1. The van der Waals surface area contributed by atoms with Crippen LogP contribution in [0.5, 0.6) is 5.75 Å². The Bertz CT molecular complexity index is 1610. The van der Waals surface area contributed by atoms with Crippen molar-refractivity contribution in [1.82, 2.24) is 19.6 Å². The zero-order valence-electron chi connectivity index (χ0n) is 23.6. The van der Waals surface area contributed by atoms with Crippen molar-refractivity contribution in [3.8, 4) is 17.0 Å². The number of hydrogen-bond donors (Lipinski definition) is 3. The van der Waals surface area contributed by atoms with Gasteiger partial charge in [0.15, 0.2) is 11.9 Å². The minimum absolute atomic E-state index is 0.0127. The van der Waals surface area contributed by atoms with E-state index in [2.05, 4.69) is 10.1 Å². The van der Waals surface area contributed by atoms with Crippen molar-refractivity contribution >= 4 is 13.7 Å². The van der Waals surface area contributed by atoms with Gasteiger partial charge in [-0.2, -0.15) is 5.09 Å². The number of halogens is 2. The highest BCUT2D eigenvalue weighted by atomic mass is 31.2. The number of nitrogens with one attached hydrogen (secondary N) is 2. The molecule has 1 fully saturated rings. The first-order valence-electron chi connectivity index (χ1n) is 13.2. The lowest BCUT2D eigenvalue weighted by molar-refractivity contribution is -0.149. The number of rotatable bonds is 11. The number of hydrogen-bond acceptors (Lipinski definition) is 10. The van der Waals surface area contributed by atoms with Gasteiger partial charge in [-0.3, -0.25) is 28.6 Å². The number of aromatic amines is 1. The fraction of sp³-hybridized carbons (Fsp3) is 0.407. The van der Waals surface area contributed by atoms with Crippen LogP contribution in [0.1, 0.15) is 33.9 Å². The molecule has 0 aliphatic carbocycles. The highest BCUT2D eigenvalue weighted by Gasteiger charge is 2.56. The third-order valence-electron chi connectivity index (χ3n) is 6.40. The maximum absolute atomic E-state index is 15.6. The van der Waals surface area contributed by atoms with Crippen LogP contribution in [0.15, 0.2) is 64.4 Å². The van der Waals surface area contributed by atoms with Gasteiger partial charge in [-0.1, -0.05) is 0 Å². The van der Waals surface area contributed by atoms with Gasteiger partial charge in [0.25, 0.3) is 5.56 Å². The van der Waals surface area contributed by atoms with Crippen LogP contribution in [0, 0.1) is 5.82 Å². The molecule has 13 nitrogen and oxygen atoms in total. The maximum Gasteiger partial charge on any atom is 0.459 e. The number of carbonyl (C=O) groups excluding carboxylic acids is 1. The zero-order valence-corrected chi connectivity index (χ0v) is 24.5. The van der Waals surface area contributed by atoms with E-state index >= 15 is 4.39 Å². The topological polar surface area (TPSA) is 171 Å². The molecular weight excluding hydrogens is 593 g/mol. The van der Waals surface area contributed by atoms with Crippen molar-refractivity contribution in [2.45, 2.75) is 63.9 Å². The summed E-state index contributed by atoms with van der Waals surface area (Å²) in [5, 5.41) is 13.1. The Hall–Kier alpha value is -3.75. The molecule has 1 aliphatic rings. The van der Waals surface area contributed by atoms with Gasteiger partial charge in [-0.05, 0) is 64.1 Å². The molecule has 0 bridgehead atoms. The molecule has 0 saturated carbocycles. The summed E-state index contributed by atoms with van der Waals surface area (Å²) in [6.07, 6.45) is -3.06. The average Bonchev–Trinajstić information content (AvgIpc) is 3.16. The Balaban J connectivity index is 1.56. The van der Waals surface area contributed by atoms with Crippen LogP contribution in [0.25, 0.3) is 11.3 Å². The number of ether oxygens (including phenoxy) is 2. The van der Waals surface area contributed by atoms with Gasteiger partial charge in [-0.25, -0.2) is 18.1 Å². The van der Waals surface area contributed by atoms with E-state index in [1.165, 1.54) is 49.5 Å². The molecule has 232 valence electrons. The molecule has 1 aliphatic heterocycles. The molecule has 3 N–H and O–H groups in total. The van der Waals surface area contributed by atoms with Crippen molar-refractivity contribution in [2.75, 3.05) is 6.61 Å². The van der Waals surface area contributed by atoms with Crippen LogP contribution >= 0.6 is 7.75 Å². The molecule has 1 saturated heterocycles. The van der Waals surface area contributed by atoms with E-state index in [1.807, 2.05) is 4.98 Å². The van der Waals surface area contributed by atoms with Crippen LogP contribution in [0.4, 0.5) is 8.78 Å². The third kappa shape index (κ3) is 7.43. The lowest BCUT2D eigenvalue weighted by Crippen LogP contribution is -2.43. The van der Waals surface area contributed by atoms with Crippen molar-refractivity contribution in [2.24, 2.45) is 0 Å². The fourth-order valence-corrected chi connectivity index (χ4v) is 5.76. The number of aromatic nitrogens is 3. The second kappa shape index (κ2) is 12.9. The lowest BCUT2D eigenvalue weighted by atomic mass is 9.98. The first kappa shape index (κ1) is 32.2. The van der Waals surface area contributed by atoms with E-state index < -0.39 is 73.6 Å². The number of aliphatic hydroxyl groups is 1. The SMILES string of the molecule is CC(C)OC(=O)[C@H](C)NP(=O)(OC[C@H]1O[C@@H](n2ccc(=O)[nH]c2=O)[C@](C)(F)[C@@H]1O)Oc1ccc(-c2ncccc2F)cc1. The molecule has 6 atom stereocenters. The Labute approximate surface area is 244 Å². The summed E-state index contributed by atoms with van der Waals surface area (Å²) >= 11 is 0. The van der Waals surface area contributed by atoms with E-state index in [-0.39, 0.29) is 11.4 Å². The summed E-state index contributed by atoms with van der Waals surface area (Å²) in [7, 11) is -4.49. The first-order valence-corrected chi connectivity index (χ1v) is 14.7. The second-order valence-corrected chi connectivity index (χ2v) is 11.9. The molecule has 4 rings (SSSR count). The van der Waals surface area contributed by atoms with Gasteiger partial charge in [0, 0.05) is 24.0 Å².